The quantitative estimate of drug-likeness (QED) is 0.871. The first-order chi connectivity index (χ1) is 10.1. The van der Waals surface area contributed by atoms with Crippen LogP contribution in [0.4, 0.5) is 5.69 Å². The van der Waals surface area contributed by atoms with Crippen molar-refractivity contribution in [2.45, 2.75) is 31.3 Å². The van der Waals surface area contributed by atoms with Crippen molar-refractivity contribution >= 4 is 27.5 Å². The maximum atomic E-state index is 10.8. The van der Waals surface area contributed by atoms with Crippen LogP contribution in [0, 0.1) is 0 Å². The molecule has 1 aliphatic rings. The van der Waals surface area contributed by atoms with Gasteiger partial charge < -0.3 is 11.1 Å². The highest BCUT2D eigenvalue weighted by atomic mass is 79.9. The molecule has 0 atom stereocenters. The lowest BCUT2D eigenvalue weighted by atomic mass is 9.76. The zero-order chi connectivity index (χ0) is 14.8. The predicted molar refractivity (Wildman–Crippen MR) is 84.9 cm³/mol. The predicted octanol–water partition coefficient (Wildman–Crippen LogP) is 2.49. The van der Waals surface area contributed by atoms with Gasteiger partial charge in [0.15, 0.2) is 0 Å². The number of primary amides is 1. The topological polar surface area (TPSA) is 72.9 Å². The smallest absolute Gasteiger partial charge is 0.239 e. The van der Waals surface area contributed by atoms with E-state index in [-0.39, 0.29) is 12.5 Å². The molecule has 1 aliphatic carbocycles. The Balaban J connectivity index is 1.54. The molecular formula is C15H17BrN4O. The van der Waals surface area contributed by atoms with Crippen LogP contribution in [-0.2, 0) is 11.3 Å². The second-order valence-corrected chi connectivity index (χ2v) is 6.28. The summed E-state index contributed by atoms with van der Waals surface area (Å²) in [5, 5.41) is 7.55. The Hall–Kier alpha value is -1.82. The fraction of sp³-hybridized carbons (Fsp3) is 0.333. The summed E-state index contributed by atoms with van der Waals surface area (Å²) in [7, 11) is 0. The average molecular weight is 349 g/mol. The van der Waals surface area contributed by atoms with E-state index < -0.39 is 0 Å². The Labute approximate surface area is 131 Å². The van der Waals surface area contributed by atoms with Gasteiger partial charge in [0.2, 0.25) is 5.91 Å². The van der Waals surface area contributed by atoms with Crippen LogP contribution in [0.5, 0.6) is 0 Å². The first kappa shape index (κ1) is 14.1. The van der Waals surface area contributed by atoms with Crippen molar-refractivity contribution < 1.29 is 4.79 Å². The van der Waals surface area contributed by atoms with Gasteiger partial charge in [0, 0.05) is 16.7 Å². The second kappa shape index (κ2) is 5.89. The molecule has 21 heavy (non-hydrogen) atoms. The molecule has 1 amide bonds. The zero-order valence-corrected chi connectivity index (χ0v) is 13.1. The maximum absolute atomic E-state index is 10.8. The number of anilines is 1. The molecule has 1 saturated carbocycles. The molecule has 6 heteroatoms. The van der Waals surface area contributed by atoms with Crippen molar-refractivity contribution in [3.63, 3.8) is 0 Å². The maximum Gasteiger partial charge on any atom is 0.239 e. The summed E-state index contributed by atoms with van der Waals surface area (Å²) < 4.78 is 2.73. The summed E-state index contributed by atoms with van der Waals surface area (Å²) in [6.45, 7) is 0.117. The van der Waals surface area contributed by atoms with Gasteiger partial charge in [0.05, 0.1) is 11.9 Å². The molecule has 5 nitrogen and oxygen atoms in total. The van der Waals surface area contributed by atoms with Gasteiger partial charge in [-0.15, -0.1) is 0 Å². The molecule has 0 radical (unpaired) electrons. The summed E-state index contributed by atoms with van der Waals surface area (Å²) in [6, 6.07) is 8.83. The minimum absolute atomic E-state index is 0.117. The normalized spacial score (nSPS) is 20.8. The molecule has 0 aliphatic heterocycles. The van der Waals surface area contributed by atoms with Crippen LogP contribution in [0.25, 0.3) is 0 Å². The highest BCUT2D eigenvalue weighted by molar-refractivity contribution is 9.10. The van der Waals surface area contributed by atoms with Crippen molar-refractivity contribution in [1.82, 2.24) is 9.78 Å². The minimum Gasteiger partial charge on any atom is -0.380 e. The number of rotatable bonds is 5. The molecule has 0 bridgehead atoms. The van der Waals surface area contributed by atoms with Gasteiger partial charge in [-0.25, -0.2) is 0 Å². The summed E-state index contributed by atoms with van der Waals surface area (Å²) in [6.07, 6.45) is 5.75. The number of nitrogens with one attached hydrogen (secondary N) is 1. The number of hydrogen-bond acceptors (Lipinski definition) is 3. The first-order valence-electron chi connectivity index (χ1n) is 6.93. The van der Waals surface area contributed by atoms with Crippen LogP contribution in [0.2, 0.25) is 0 Å². The molecule has 3 rings (SSSR count). The highest BCUT2D eigenvalue weighted by Crippen LogP contribution is 2.41. The number of nitrogens with zero attached hydrogens (tertiary/aromatic N) is 2. The monoisotopic (exact) mass is 348 g/mol. The standard InChI is InChI=1S/C15H17BrN4O/c16-14-4-2-1-3-13(14)10-5-11(6-10)19-12-7-18-20(8-12)9-15(17)21/h1-4,7-8,10-11,19H,5-6,9H2,(H2,17,21). The van der Waals surface area contributed by atoms with Crippen LogP contribution >= 0.6 is 15.9 Å². The number of carbonyl (C=O) groups is 1. The molecule has 110 valence electrons. The summed E-state index contributed by atoms with van der Waals surface area (Å²) >= 11 is 3.61. The number of aromatic nitrogens is 2. The van der Waals surface area contributed by atoms with E-state index in [1.165, 1.54) is 10.0 Å². The number of halogens is 1. The van der Waals surface area contributed by atoms with Gasteiger partial charge in [-0.2, -0.15) is 5.10 Å². The molecular weight excluding hydrogens is 332 g/mol. The Morgan fingerprint density at radius 2 is 2.19 bits per heavy atom. The Kier molecular flexibility index (Phi) is 3.96. The van der Waals surface area contributed by atoms with E-state index in [0.29, 0.717) is 12.0 Å². The summed E-state index contributed by atoms with van der Waals surface area (Å²) in [5.74, 6) is 0.209. The van der Waals surface area contributed by atoms with Gasteiger partial charge in [-0.1, -0.05) is 34.1 Å². The molecule has 3 N–H and O–H groups in total. The van der Waals surface area contributed by atoms with Crippen molar-refractivity contribution in [3.05, 3.63) is 46.7 Å². The van der Waals surface area contributed by atoms with E-state index in [2.05, 4.69) is 44.5 Å². The first-order valence-corrected chi connectivity index (χ1v) is 7.73. The van der Waals surface area contributed by atoms with Crippen LogP contribution in [0.15, 0.2) is 41.1 Å². The Bertz CT molecular complexity index is 649. The van der Waals surface area contributed by atoms with Crippen LogP contribution in [0.3, 0.4) is 0 Å². The fourth-order valence-electron chi connectivity index (χ4n) is 2.72. The molecule has 0 saturated heterocycles. The van der Waals surface area contributed by atoms with Gasteiger partial charge in [-0.3, -0.25) is 9.48 Å². The van der Waals surface area contributed by atoms with Crippen LogP contribution < -0.4 is 11.1 Å². The largest absolute Gasteiger partial charge is 0.380 e. The van der Waals surface area contributed by atoms with Crippen molar-refractivity contribution in [3.8, 4) is 0 Å². The van der Waals surface area contributed by atoms with Crippen molar-refractivity contribution in [1.29, 1.82) is 0 Å². The molecule has 2 aromatic rings. The van der Waals surface area contributed by atoms with E-state index in [0.717, 1.165) is 18.5 Å². The third kappa shape index (κ3) is 3.26. The lowest BCUT2D eigenvalue weighted by molar-refractivity contribution is -0.118. The van der Waals surface area contributed by atoms with Crippen molar-refractivity contribution in [2.75, 3.05) is 5.32 Å². The zero-order valence-electron chi connectivity index (χ0n) is 11.5. The second-order valence-electron chi connectivity index (χ2n) is 5.42. The van der Waals surface area contributed by atoms with E-state index >= 15 is 0 Å². The Morgan fingerprint density at radius 3 is 2.90 bits per heavy atom. The molecule has 1 fully saturated rings. The van der Waals surface area contributed by atoms with Gasteiger partial charge >= 0.3 is 0 Å². The van der Waals surface area contributed by atoms with Crippen LogP contribution in [0.1, 0.15) is 24.3 Å². The van der Waals surface area contributed by atoms with Gasteiger partial charge in [0.25, 0.3) is 0 Å². The molecule has 1 heterocycles. The number of hydrogen-bond donors (Lipinski definition) is 2. The van der Waals surface area contributed by atoms with Gasteiger partial charge in [0.1, 0.15) is 6.54 Å². The number of amides is 1. The summed E-state index contributed by atoms with van der Waals surface area (Å²) in [4.78, 5) is 10.8. The molecule has 0 spiro atoms. The van der Waals surface area contributed by atoms with E-state index in [1.807, 2.05) is 12.3 Å². The third-order valence-corrected chi connectivity index (χ3v) is 4.53. The van der Waals surface area contributed by atoms with E-state index in [4.69, 9.17) is 5.73 Å². The lowest BCUT2D eigenvalue weighted by Gasteiger charge is -2.37. The van der Waals surface area contributed by atoms with Gasteiger partial charge in [-0.05, 0) is 30.4 Å². The molecule has 1 aromatic heterocycles. The average Bonchev–Trinajstić information content (AvgIpc) is 2.81. The number of carbonyl (C=O) groups excluding carboxylic acids is 1. The highest BCUT2D eigenvalue weighted by Gasteiger charge is 2.31. The number of benzene rings is 1. The lowest BCUT2D eigenvalue weighted by Crippen LogP contribution is -2.34. The molecule has 0 unspecified atom stereocenters. The van der Waals surface area contributed by atoms with E-state index in [1.54, 1.807) is 10.9 Å². The molecule has 1 aromatic carbocycles. The minimum atomic E-state index is -0.387. The summed E-state index contributed by atoms with van der Waals surface area (Å²) in [5.41, 5.74) is 7.46. The van der Waals surface area contributed by atoms with Crippen LogP contribution in [-0.4, -0.2) is 21.7 Å². The SMILES string of the molecule is NC(=O)Cn1cc(NC2CC(c3ccccc3Br)C2)cn1. The number of nitrogens with two attached hydrogens (primary N) is 1. The fourth-order valence-corrected chi connectivity index (χ4v) is 3.32. The van der Waals surface area contributed by atoms with Crippen molar-refractivity contribution in [2.24, 2.45) is 5.73 Å². The van der Waals surface area contributed by atoms with E-state index in [9.17, 15) is 4.79 Å². The Morgan fingerprint density at radius 1 is 1.43 bits per heavy atom. The third-order valence-electron chi connectivity index (χ3n) is 3.80.